The highest BCUT2D eigenvalue weighted by atomic mass is 15.2. The van der Waals surface area contributed by atoms with E-state index in [1.54, 1.807) is 0 Å². The molecule has 0 atom stereocenters. The summed E-state index contributed by atoms with van der Waals surface area (Å²) < 4.78 is 2.34. The molecule has 2 aromatic rings. The Labute approximate surface area is 151 Å². The molecule has 2 fully saturated rings. The SMILES string of the molecule is CCn1ccc2c(CN3CCC(N4CCC(N)CC4)CC3)cccc21. The van der Waals surface area contributed by atoms with Crippen molar-refractivity contribution in [3.8, 4) is 0 Å². The van der Waals surface area contributed by atoms with E-state index in [4.69, 9.17) is 5.73 Å². The highest BCUT2D eigenvalue weighted by Crippen LogP contribution is 2.25. The molecule has 0 spiro atoms. The summed E-state index contributed by atoms with van der Waals surface area (Å²) in [6.07, 6.45) is 7.19. The number of likely N-dealkylation sites (tertiary alicyclic amines) is 2. The van der Waals surface area contributed by atoms with Gasteiger partial charge in [-0.15, -0.1) is 0 Å². The molecule has 25 heavy (non-hydrogen) atoms. The highest BCUT2D eigenvalue weighted by Gasteiger charge is 2.27. The molecule has 1 aromatic heterocycles. The number of nitrogens with zero attached hydrogens (tertiary/aromatic N) is 3. The number of aromatic nitrogens is 1. The van der Waals surface area contributed by atoms with Crippen LogP contribution in [0.3, 0.4) is 0 Å². The fourth-order valence-corrected chi connectivity index (χ4v) is 4.67. The Bertz CT molecular complexity index is 691. The second-order valence-electron chi connectivity index (χ2n) is 7.83. The van der Waals surface area contributed by atoms with Gasteiger partial charge in [0.1, 0.15) is 0 Å². The summed E-state index contributed by atoms with van der Waals surface area (Å²) in [7, 11) is 0. The van der Waals surface area contributed by atoms with Crippen LogP contribution in [0.1, 0.15) is 38.2 Å². The normalized spacial score (nSPS) is 22.0. The molecule has 0 unspecified atom stereocenters. The van der Waals surface area contributed by atoms with Gasteiger partial charge in [-0.25, -0.2) is 0 Å². The number of hydrogen-bond acceptors (Lipinski definition) is 3. The van der Waals surface area contributed by atoms with Gasteiger partial charge in [-0.3, -0.25) is 4.90 Å². The molecule has 0 aliphatic carbocycles. The lowest BCUT2D eigenvalue weighted by Crippen LogP contribution is -2.49. The van der Waals surface area contributed by atoms with Crippen molar-refractivity contribution in [2.24, 2.45) is 5.73 Å². The third kappa shape index (κ3) is 3.62. The van der Waals surface area contributed by atoms with Gasteiger partial charge in [0.2, 0.25) is 0 Å². The molecule has 0 bridgehead atoms. The van der Waals surface area contributed by atoms with E-state index in [-0.39, 0.29) is 0 Å². The van der Waals surface area contributed by atoms with Gasteiger partial charge < -0.3 is 15.2 Å². The summed E-state index contributed by atoms with van der Waals surface area (Å²) >= 11 is 0. The van der Waals surface area contributed by atoms with Crippen LogP contribution in [0.2, 0.25) is 0 Å². The Hall–Kier alpha value is -1.36. The average Bonchev–Trinajstić information content (AvgIpc) is 3.07. The van der Waals surface area contributed by atoms with Crippen molar-refractivity contribution in [1.29, 1.82) is 0 Å². The molecule has 4 rings (SSSR count). The van der Waals surface area contributed by atoms with Crippen molar-refractivity contribution in [2.75, 3.05) is 26.2 Å². The van der Waals surface area contributed by atoms with E-state index in [1.807, 2.05) is 0 Å². The first kappa shape index (κ1) is 17.1. The van der Waals surface area contributed by atoms with Crippen molar-refractivity contribution in [3.05, 3.63) is 36.0 Å². The van der Waals surface area contributed by atoms with Crippen molar-refractivity contribution >= 4 is 10.9 Å². The fourth-order valence-electron chi connectivity index (χ4n) is 4.67. The van der Waals surface area contributed by atoms with E-state index >= 15 is 0 Å². The second kappa shape index (κ2) is 7.48. The molecular formula is C21H32N4. The minimum Gasteiger partial charge on any atom is -0.348 e. The first-order chi connectivity index (χ1) is 12.2. The smallest absolute Gasteiger partial charge is 0.0483 e. The molecule has 2 N–H and O–H groups in total. The second-order valence-corrected chi connectivity index (χ2v) is 7.83. The summed E-state index contributed by atoms with van der Waals surface area (Å²) in [5, 5.41) is 1.43. The van der Waals surface area contributed by atoms with Gasteiger partial charge in [0.15, 0.2) is 0 Å². The van der Waals surface area contributed by atoms with Crippen molar-refractivity contribution in [3.63, 3.8) is 0 Å². The van der Waals surface area contributed by atoms with Crippen LogP contribution in [0.5, 0.6) is 0 Å². The van der Waals surface area contributed by atoms with Crippen LogP contribution < -0.4 is 5.73 Å². The van der Waals surface area contributed by atoms with Crippen LogP contribution in [-0.4, -0.2) is 52.6 Å². The zero-order valence-corrected chi connectivity index (χ0v) is 15.5. The Morgan fingerprint density at radius 2 is 1.76 bits per heavy atom. The van der Waals surface area contributed by atoms with E-state index in [0.29, 0.717) is 6.04 Å². The minimum atomic E-state index is 0.437. The van der Waals surface area contributed by atoms with Crippen molar-refractivity contribution in [2.45, 2.75) is 57.8 Å². The lowest BCUT2D eigenvalue weighted by molar-refractivity contribution is 0.0853. The van der Waals surface area contributed by atoms with E-state index in [2.05, 4.69) is 51.8 Å². The Balaban J connectivity index is 1.37. The Kier molecular flexibility index (Phi) is 5.11. The van der Waals surface area contributed by atoms with Gasteiger partial charge in [0.25, 0.3) is 0 Å². The largest absolute Gasteiger partial charge is 0.348 e. The summed E-state index contributed by atoms with van der Waals surface area (Å²) in [6.45, 7) is 9.19. The molecule has 2 saturated heterocycles. The first-order valence-electron chi connectivity index (χ1n) is 10.0. The van der Waals surface area contributed by atoms with Gasteiger partial charge in [0, 0.05) is 42.3 Å². The minimum absolute atomic E-state index is 0.437. The molecule has 2 aliphatic rings. The lowest BCUT2D eigenvalue weighted by Gasteiger charge is -2.41. The molecule has 1 aromatic carbocycles. The van der Waals surface area contributed by atoms with Gasteiger partial charge in [0.05, 0.1) is 0 Å². The van der Waals surface area contributed by atoms with Gasteiger partial charge in [-0.1, -0.05) is 12.1 Å². The number of benzene rings is 1. The molecule has 0 saturated carbocycles. The quantitative estimate of drug-likeness (QED) is 0.929. The molecule has 0 radical (unpaired) electrons. The maximum absolute atomic E-state index is 6.06. The summed E-state index contributed by atoms with van der Waals surface area (Å²) in [5.74, 6) is 0. The molecule has 4 nitrogen and oxygen atoms in total. The highest BCUT2D eigenvalue weighted by molar-refractivity contribution is 5.83. The Morgan fingerprint density at radius 1 is 1.00 bits per heavy atom. The Morgan fingerprint density at radius 3 is 2.48 bits per heavy atom. The van der Waals surface area contributed by atoms with Gasteiger partial charge in [-0.05, 0) is 76.5 Å². The van der Waals surface area contributed by atoms with Gasteiger partial charge >= 0.3 is 0 Å². The van der Waals surface area contributed by atoms with Crippen molar-refractivity contribution in [1.82, 2.24) is 14.4 Å². The third-order valence-electron chi connectivity index (χ3n) is 6.29. The molecule has 0 amide bonds. The monoisotopic (exact) mass is 340 g/mol. The molecule has 2 aliphatic heterocycles. The van der Waals surface area contributed by atoms with Crippen LogP contribution in [-0.2, 0) is 13.1 Å². The standard InChI is InChI=1S/C21H32N4/c1-2-24-15-10-20-17(4-3-5-21(20)24)16-23-11-8-19(9-12-23)25-13-6-18(22)7-14-25/h3-5,10,15,18-19H,2,6-9,11-14,16,22H2,1H3. The third-order valence-corrected chi connectivity index (χ3v) is 6.29. The number of hydrogen-bond donors (Lipinski definition) is 1. The number of aryl methyl sites for hydroxylation is 1. The van der Waals surface area contributed by atoms with Gasteiger partial charge in [-0.2, -0.15) is 0 Å². The summed E-state index contributed by atoms with van der Waals surface area (Å²) in [6, 6.07) is 10.3. The van der Waals surface area contributed by atoms with Crippen LogP contribution >= 0.6 is 0 Å². The van der Waals surface area contributed by atoms with Crippen LogP contribution in [0.25, 0.3) is 10.9 Å². The predicted molar refractivity (Wildman–Crippen MR) is 105 cm³/mol. The zero-order valence-electron chi connectivity index (χ0n) is 15.5. The maximum atomic E-state index is 6.06. The van der Waals surface area contributed by atoms with E-state index in [1.165, 1.54) is 68.3 Å². The molecule has 136 valence electrons. The number of piperidine rings is 2. The first-order valence-corrected chi connectivity index (χ1v) is 10.0. The number of fused-ring (bicyclic) bond motifs is 1. The average molecular weight is 341 g/mol. The van der Waals surface area contributed by atoms with E-state index in [9.17, 15) is 0 Å². The molecule has 4 heteroatoms. The summed E-state index contributed by atoms with van der Waals surface area (Å²) in [4.78, 5) is 5.34. The zero-order chi connectivity index (χ0) is 17.2. The fraction of sp³-hybridized carbons (Fsp3) is 0.619. The number of nitrogens with two attached hydrogens (primary N) is 1. The van der Waals surface area contributed by atoms with Crippen LogP contribution in [0.4, 0.5) is 0 Å². The van der Waals surface area contributed by atoms with E-state index < -0.39 is 0 Å². The predicted octanol–water partition coefficient (Wildman–Crippen LogP) is 3.05. The topological polar surface area (TPSA) is 37.4 Å². The van der Waals surface area contributed by atoms with Crippen LogP contribution in [0.15, 0.2) is 30.5 Å². The molecular weight excluding hydrogens is 308 g/mol. The molecule has 3 heterocycles. The lowest BCUT2D eigenvalue weighted by atomic mass is 9.98. The van der Waals surface area contributed by atoms with Crippen LogP contribution in [0, 0.1) is 0 Å². The number of rotatable bonds is 4. The summed E-state index contributed by atoms with van der Waals surface area (Å²) in [5.41, 5.74) is 8.91. The van der Waals surface area contributed by atoms with E-state index in [0.717, 1.165) is 19.1 Å². The van der Waals surface area contributed by atoms with Crippen molar-refractivity contribution < 1.29 is 0 Å². The maximum Gasteiger partial charge on any atom is 0.0483 e.